The molecule has 39 heavy (non-hydrogen) atoms. The predicted octanol–water partition coefficient (Wildman–Crippen LogP) is 5.21. The number of rotatable bonds is 14. The number of carbonyl (C=O) groups excluding carboxylic acids is 1. The number of aromatic nitrogens is 2. The Morgan fingerprint density at radius 2 is 1.95 bits per heavy atom. The molecule has 0 aromatic carbocycles. The van der Waals surface area contributed by atoms with Gasteiger partial charge >= 0.3 is 6.09 Å². The van der Waals surface area contributed by atoms with Gasteiger partial charge in [0.05, 0.1) is 18.9 Å². The van der Waals surface area contributed by atoms with Gasteiger partial charge in [0.15, 0.2) is 0 Å². The van der Waals surface area contributed by atoms with Crippen molar-refractivity contribution in [3.05, 3.63) is 23.5 Å². The van der Waals surface area contributed by atoms with Gasteiger partial charge in [-0.05, 0) is 97.2 Å². The standard InChI is InChI=1S/C30H52N4O5/c1-7-36-22-30(23-37-8-2)15-12-24(13-16-30)27-25(21-34(32-27)26-11-9-10-20-38-26)14-17-31-18-19-33(6)28(35)39-29(3,4)5/h12,21,26,31H,7-11,13-20,22-23H2,1-6H3. The van der Waals surface area contributed by atoms with Crippen molar-refractivity contribution in [2.24, 2.45) is 5.41 Å². The summed E-state index contributed by atoms with van der Waals surface area (Å²) in [4.78, 5) is 13.8. The van der Waals surface area contributed by atoms with Crippen molar-refractivity contribution in [3.63, 3.8) is 0 Å². The molecule has 1 atom stereocenters. The van der Waals surface area contributed by atoms with Crippen LogP contribution < -0.4 is 5.32 Å². The highest BCUT2D eigenvalue weighted by Crippen LogP contribution is 2.40. The fourth-order valence-electron chi connectivity index (χ4n) is 5.09. The summed E-state index contributed by atoms with van der Waals surface area (Å²) in [5, 5.41) is 8.57. The van der Waals surface area contributed by atoms with E-state index in [4.69, 9.17) is 24.0 Å². The Morgan fingerprint density at radius 3 is 2.54 bits per heavy atom. The summed E-state index contributed by atoms with van der Waals surface area (Å²) in [6.45, 7) is 15.5. The summed E-state index contributed by atoms with van der Waals surface area (Å²) in [7, 11) is 1.77. The molecule has 222 valence electrons. The number of allylic oxidation sites excluding steroid dienone is 2. The molecule has 2 aliphatic rings. The fourth-order valence-corrected chi connectivity index (χ4v) is 5.09. The molecule has 0 saturated carbocycles. The zero-order chi connectivity index (χ0) is 28.3. The maximum absolute atomic E-state index is 12.2. The average molecular weight is 549 g/mol. The molecule has 1 aromatic rings. The van der Waals surface area contributed by atoms with Crippen molar-refractivity contribution in [3.8, 4) is 0 Å². The zero-order valence-electron chi connectivity index (χ0n) is 25.2. The van der Waals surface area contributed by atoms with Crippen molar-refractivity contribution in [1.29, 1.82) is 0 Å². The van der Waals surface area contributed by atoms with E-state index in [-0.39, 0.29) is 17.7 Å². The van der Waals surface area contributed by atoms with E-state index in [1.165, 1.54) is 17.6 Å². The number of hydrogen-bond donors (Lipinski definition) is 1. The molecule has 1 aliphatic heterocycles. The molecule has 1 fully saturated rings. The lowest BCUT2D eigenvalue weighted by Crippen LogP contribution is -2.38. The van der Waals surface area contributed by atoms with Crippen molar-refractivity contribution >= 4 is 11.7 Å². The van der Waals surface area contributed by atoms with Gasteiger partial charge in [-0.25, -0.2) is 9.48 Å². The monoisotopic (exact) mass is 548 g/mol. The molecule has 9 nitrogen and oxygen atoms in total. The maximum atomic E-state index is 12.2. The highest BCUT2D eigenvalue weighted by Gasteiger charge is 2.34. The Morgan fingerprint density at radius 1 is 1.21 bits per heavy atom. The van der Waals surface area contributed by atoms with Crippen molar-refractivity contribution in [2.75, 3.05) is 59.7 Å². The minimum Gasteiger partial charge on any atom is -0.444 e. The first-order chi connectivity index (χ1) is 18.7. The lowest BCUT2D eigenvalue weighted by atomic mass is 9.75. The van der Waals surface area contributed by atoms with Crippen LogP contribution in [0.3, 0.4) is 0 Å². The Hall–Kier alpha value is -1.94. The lowest BCUT2D eigenvalue weighted by molar-refractivity contribution is -0.0396. The van der Waals surface area contributed by atoms with Crippen molar-refractivity contribution < 1.29 is 23.7 Å². The number of amides is 1. The molecule has 1 aliphatic carbocycles. The fraction of sp³-hybridized carbons (Fsp3) is 0.800. The largest absolute Gasteiger partial charge is 0.444 e. The van der Waals surface area contributed by atoms with Crippen LogP contribution in [0.4, 0.5) is 4.79 Å². The van der Waals surface area contributed by atoms with E-state index in [1.54, 1.807) is 11.9 Å². The molecule has 9 heteroatoms. The van der Waals surface area contributed by atoms with Crippen LogP contribution in [0.2, 0.25) is 0 Å². The van der Waals surface area contributed by atoms with Crippen molar-refractivity contribution in [1.82, 2.24) is 20.0 Å². The Bertz CT molecular complexity index is 909. The summed E-state index contributed by atoms with van der Waals surface area (Å²) >= 11 is 0. The van der Waals surface area contributed by atoms with Crippen LogP contribution in [0, 0.1) is 5.41 Å². The van der Waals surface area contributed by atoms with Crippen molar-refractivity contribution in [2.45, 2.75) is 91.4 Å². The third kappa shape index (κ3) is 9.88. The third-order valence-electron chi connectivity index (χ3n) is 7.39. The predicted molar refractivity (Wildman–Crippen MR) is 154 cm³/mol. The lowest BCUT2D eigenvalue weighted by Gasteiger charge is -2.36. The molecule has 0 spiro atoms. The minimum atomic E-state index is -0.489. The normalized spacial score (nSPS) is 19.5. The summed E-state index contributed by atoms with van der Waals surface area (Å²) in [5.74, 6) is 0. The van der Waals surface area contributed by atoms with Gasteiger partial charge in [0.1, 0.15) is 11.8 Å². The summed E-state index contributed by atoms with van der Waals surface area (Å²) in [5.41, 5.74) is 3.19. The maximum Gasteiger partial charge on any atom is 0.410 e. The van der Waals surface area contributed by atoms with E-state index in [0.717, 1.165) is 83.8 Å². The van der Waals surface area contributed by atoms with Gasteiger partial charge in [0.2, 0.25) is 0 Å². The number of nitrogens with zero attached hydrogens (tertiary/aromatic N) is 3. The minimum absolute atomic E-state index is 0.0147. The first kappa shape index (κ1) is 31.6. The summed E-state index contributed by atoms with van der Waals surface area (Å²) in [6.07, 6.45) is 11.3. The smallest absolute Gasteiger partial charge is 0.410 e. The van der Waals surface area contributed by atoms with Crippen LogP contribution in [-0.2, 0) is 25.4 Å². The highest BCUT2D eigenvalue weighted by atomic mass is 16.6. The van der Waals surface area contributed by atoms with E-state index in [1.807, 2.05) is 39.3 Å². The molecular formula is C30H52N4O5. The molecule has 1 unspecified atom stereocenters. The van der Waals surface area contributed by atoms with Gasteiger partial charge in [-0.2, -0.15) is 5.10 Å². The first-order valence-corrected chi connectivity index (χ1v) is 14.9. The van der Waals surface area contributed by atoms with E-state index in [9.17, 15) is 4.79 Å². The van der Waals surface area contributed by atoms with Gasteiger partial charge in [0.25, 0.3) is 0 Å². The molecule has 0 bridgehead atoms. The first-order valence-electron chi connectivity index (χ1n) is 14.9. The highest BCUT2D eigenvalue weighted by molar-refractivity contribution is 5.67. The topological polar surface area (TPSA) is 87.1 Å². The van der Waals surface area contributed by atoms with Gasteiger partial charge in [-0.3, -0.25) is 0 Å². The van der Waals surface area contributed by atoms with Crippen LogP contribution in [-0.4, -0.2) is 86.1 Å². The Labute approximate surface area is 235 Å². The molecule has 2 heterocycles. The van der Waals surface area contributed by atoms with E-state index < -0.39 is 5.60 Å². The quantitative estimate of drug-likeness (QED) is 0.320. The zero-order valence-corrected chi connectivity index (χ0v) is 25.2. The number of likely N-dealkylation sites (N-methyl/N-ethyl adjacent to an activating group) is 1. The molecular weight excluding hydrogens is 496 g/mol. The van der Waals surface area contributed by atoms with Gasteiger partial charge in [0, 0.05) is 51.6 Å². The summed E-state index contributed by atoms with van der Waals surface area (Å²) in [6, 6.07) is 0. The average Bonchev–Trinajstić information content (AvgIpc) is 3.34. The Kier molecular flexibility index (Phi) is 12.3. The third-order valence-corrected chi connectivity index (χ3v) is 7.39. The second-order valence-electron chi connectivity index (χ2n) is 11.9. The summed E-state index contributed by atoms with van der Waals surface area (Å²) < 4.78 is 25.3. The number of hydrogen-bond acceptors (Lipinski definition) is 7. The van der Waals surface area contributed by atoms with Crippen LogP contribution >= 0.6 is 0 Å². The molecule has 1 saturated heterocycles. The second-order valence-corrected chi connectivity index (χ2v) is 11.9. The van der Waals surface area contributed by atoms with Crippen LogP contribution in [0.25, 0.3) is 5.57 Å². The van der Waals surface area contributed by atoms with Gasteiger partial charge in [-0.15, -0.1) is 0 Å². The SMILES string of the molecule is CCOCC1(COCC)CC=C(c2nn(C3CCCCO3)cc2CCNCCN(C)C(=O)OC(C)(C)C)CC1. The molecule has 1 aromatic heterocycles. The van der Waals surface area contributed by atoms with E-state index >= 15 is 0 Å². The molecule has 1 amide bonds. The van der Waals surface area contributed by atoms with Crippen LogP contribution in [0.15, 0.2) is 12.3 Å². The second kappa shape index (κ2) is 15.2. The van der Waals surface area contributed by atoms with E-state index in [2.05, 4.69) is 17.6 Å². The van der Waals surface area contributed by atoms with Crippen LogP contribution in [0.1, 0.15) is 90.6 Å². The van der Waals surface area contributed by atoms with Gasteiger partial charge < -0.3 is 29.2 Å². The molecule has 3 rings (SSSR count). The Balaban J connectivity index is 1.64. The van der Waals surface area contributed by atoms with Crippen LogP contribution in [0.5, 0.6) is 0 Å². The number of ether oxygens (including phenoxy) is 4. The molecule has 0 radical (unpaired) electrons. The number of carbonyl (C=O) groups is 1. The van der Waals surface area contributed by atoms with E-state index in [0.29, 0.717) is 13.1 Å². The van der Waals surface area contributed by atoms with Gasteiger partial charge in [-0.1, -0.05) is 6.08 Å². The number of nitrogens with one attached hydrogen (secondary N) is 1. The molecule has 1 N–H and O–H groups in total.